The second-order valence-electron chi connectivity index (χ2n) is 4.48. The van der Waals surface area contributed by atoms with E-state index in [2.05, 4.69) is 20.5 Å². The molecule has 2 heterocycles. The molecule has 0 saturated carbocycles. The summed E-state index contributed by atoms with van der Waals surface area (Å²) in [6, 6.07) is 7.50. The zero-order valence-corrected chi connectivity index (χ0v) is 12.1. The summed E-state index contributed by atoms with van der Waals surface area (Å²) < 4.78 is 1.42. The average Bonchev–Trinajstić information content (AvgIpc) is 3.04. The highest BCUT2D eigenvalue weighted by Gasteiger charge is 2.23. The molecule has 7 nitrogen and oxygen atoms in total. The fraction of sp³-hybridized carbons (Fsp3) is 0.154. The predicted molar refractivity (Wildman–Crippen MR) is 76.7 cm³/mol. The van der Waals surface area contributed by atoms with Crippen LogP contribution in [0.1, 0.15) is 21.1 Å². The van der Waals surface area contributed by atoms with Gasteiger partial charge in [0.05, 0.1) is 0 Å². The molecule has 1 aromatic carbocycles. The summed E-state index contributed by atoms with van der Waals surface area (Å²) in [7, 11) is 0. The van der Waals surface area contributed by atoms with E-state index < -0.39 is 5.97 Å². The Hall–Kier alpha value is -2.61. The number of carboxylic acids is 1. The first-order chi connectivity index (χ1) is 10.1. The summed E-state index contributed by atoms with van der Waals surface area (Å²) in [5, 5.41) is 26.2. The van der Waals surface area contributed by atoms with E-state index in [4.69, 9.17) is 0 Å². The summed E-state index contributed by atoms with van der Waals surface area (Å²) in [6.07, 6.45) is 0. The van der Waals surface area contributed by atoms with Crippen LogP contribution < -0.4 is 0 Å². The maximum atomic E-state index is 11.4. The molecule has 21 heavy (non-hydrogen) atoms. The van der Waals surface area contributed by atoms with Gasteiger partial charge < -0.3 is 5.11 Å². The standard InChI is InChI=1S/C13H11N5O2S/c1-7-4-3-5-9(6-7)11-10(12(19)20)15-17-18(11)13-16-14-8(2)21-13/h3-6H,1-2H3,(H,19,20). The maximum Gasteiger partial charge on any atom is 0.358 e. The van der Waals surface area contributed by atoms with Crippen LogP contribution in [0.2, 0.25) is 0 Å². The van der Waals surface area contributed by atoms with Gasteiger partial charge in [0.15, 0.2) is 5.69 Å². The van der Waals surface area contributed by atoms with Gasteiger partial charge in [0.1, 0.15) is 10.7 Å². The molecule has 0 bridgehead atoms. The number of rotatable bonds is 3. The number of nitrogens with zero attached hydrogens (tertiary/aromatic N) is 5. The first-order valence-corrected chi connectivity index (χ1v) is 6.94. The van der Waals surface area contributed by atoms with Crippen LogP contribution in [0, 0.1) is 13.8 Å². The molecule has 0 aliphatic rings. The Labute approximate surface area is 123 Å². The molecule has 0 unspecified atom stereocenters. The minimum atomic E-state index is -1.13. The summed E-state index contributed by atoms with van der Waals surface area (Å²) >= 11 is 1.32. The van der Waals surface area contributed by atoms with E-state index in [0.29, 0.717) is 10.8 Å². The average molecular weight is 301 g/mol. The first-order valence-electron chi connectivity index (χ1n) is 6.13. The topological polar surface area (TPSA) is 93.8 Å². The van der Waals surface area contributed by atoms with Crippen LogP contribution in [0.3, 0.4) is 0 Å². The van der Waals surface area contributed by atoms with E-state index in [1.54, 1.807) is 0 Å². The smallest absolute Gasteiger partial charge is 0.358 e. The van der Waals surface area contributed by atoms with Gasteiger partial charge in [-0.05, 0) is 19.9 Å². The van der Waals surface area contributed by atoms with Crippen molar-refractivity contribution >= 4 is 17.3 Å². The number of aromatic nitrogens is 5. The number of aryl methyl sites for hydroxylation is 2. The quantitative estimate of drug-likeness (QED) is 0.796. The van der Waals surface area contributed by atoms with Gasteiger partial charge in [-0.3, -0.25) is 0 Å². The molecule has 0 spiro atoms. The normalized spacial score (nSPS) is 10.8. The summed E-state index contributed by atoms with van der Waals surface area (Å²) in [4.78, 5) is 11.4. The highest BCUT2D eigenvalue weighted by Crippen LogP contribution is 2.27. The predicted octanol–water partition coefficient (Wildman–Crippen LogP) is 2.10. The van der Waals surface area contributed by atoms with Crippen LogP contribution in [-0.4, -0.2) is 36.3 Å². The summed E-state index contributed by atoms with van der Waals surface area (Å²) in [5.41, 5.74) is 2.05. The van der Waals surface area contributed by atoms with Crippen molar-refractivity contribution in [1.29, 1.82) is 0 Å². The van der Waals surface area contributed by atoms with Crippen LogP contribution in [0.5, 0.6) is 0 Å². The zero-order chi connectivity index (χ0) is 15.0. The molecule has 0 aliphatic carbocycles. The van der Waals surface area contributed by atoms with Crippen molar-refractivity contribution in [2.45, 2.75) is 13.8 Å². The lowest BCUT2D eigenvalue weighted by Gasteiger charge is -2.04. The van der Waals surface area contributed by atoms with E-state index in [1.165, 1.54) is 16.0 Å². The largest absolute Gasteiger partial charge is 0.476 e. The number of hydrogen-bond acceptors (Lipinski definition) is 6. The van der Waals surface area contributed by atoms with Crippen LogP contribution in [0.15, 0.2) is 24.3 Å². The Morgan fingerprint density at radius 2 is 2.05 bits per heavy atom. The van der Waals surface area contributed by atoms with Crippen LogP contribution in [0.25, 0.3) is 16.4 Å². The first kappa shape index (κ1) is 13.4. The number of aromatic carboxylic acids is 1. The number of carbonyl (C=O) groups is 1. The van der Waals surface area contributed by atoms with Crippen molar-refractivity contribution in [2.75, 3.05) is 0 Å². The third-order valence-electron chi connectivity index (χ3n) is 2.86. The lowest BCUT2D eigenvalue weighted by atomic mass is 10.1. The molecule has 0 amide bonds. The van der Waals surface area contributed by atoms with Crippen LogP contribution >= 0.6 is 11.3 Å². The van der Waals surface area contributed by atoms with Crippen molar-refractivity contribution in [3.63, 3.8) is 0 Å². The third kappa shape index (κ3) is 2.40. The molecular formula is C13H11N5O2S. The second kappa shape index (κ2) is 5.06. The fourth-order valence-corrected chi connectivity index (χ4v) is 2.62. The molecule has 3 aromatic rings. The lowest BCUT2D eigenvalue weighted by molar-refractivity contribution is 0.0691. The van der Waals surface area contributed by atoms with Gasteiger partial charge in [0.2, 0.25) is 5.13 Å². The number of hydrogen-bond donors (Lipinski definition) is 1. The van der Waals surface area contributed by atoms with Gasteiger partial charge in [-0.15, -0.1) is 15.3 Å². The molecule has 3 rings (SSSR count). The van der Waals surface area contributed by atoms with E-state index >= 15 is 0 Å². The van der Waals surface area contributed by atoms with Crippen LogP contribution in [0.4, 0.5) is 0 Å². The van der Waals surface area contributed by atoms with E-state index in [0.717, 1.165) is 16.1 Å². The molecule has 106 valence electrons. The van der Waals surface area contributed by atoms with E-state index in [-0.39, 0.29) is 5.69 Å². The SMILES string of the molecule is Cc1cccc(-c2c(C(=O)O)nnn2-c2nnc(C)s2)c1. The fourth-order valence-electron chi connectivity index (χ4n) is 1.98. The number of benzene rings is 1. The molecule has 2 aromatic heterocycles. The molecule has 0 radical (unpaired) electrons. The summed E-state index contributed by atoms with van der Waals surface area (Å²) in [5.74, 6) is -1.13. The van der Waals surface area contributed by atoms with Gasteiger partial charge in [0.25, 0.3) is 0 Å². The van der Waals surface area contributed by atoms with Crippen molar-refractivity contribution in [3.05, 3.63) is 40.5 Å². The zero-order valence-electron chi connectivity index (χ0n) is 11.3. The molecule has 0 aliphatic heterocycles. The minimum Gasteiger partial charge on any atom is -0.476 e. The van der Waals surface area contributed by atoms with Gasteiger partial charge >= 0.3 is 5.97 Å². The third-order valence-corrected chi connectivity index (χ3v) is 3.68. The maximum absolute atomic E-state index is 11.4. The molecular weight excluding hydrogens is 290 g/mol. The van der Waals surface area contributed by atoms with Crippen molar-refractivity contribution in [2.24, 2.45) is 0 Å². The highest BCUT2D eigenvalue weighted by molar-refractivity contribution is 7.13. The molecule has 8 heteroatoms. The van der Waals surface area contributed by atoms with Gasteiger partial charge in [-0.1, -0.05) is 40.3 Å². The molecule has 1 N–H and O–H groups in total. The van der Waals surface area contributed by atoms with Crippen molar-refractivity contribution < 1.29 is 9.90 Å². The monoisotopic (exact) mass is 301 g/mol. The Morgan fingerprint density at radius 1 is 1.24 bits per heavy atom. The van der Waals surface area contributed by atoms with Gasteiger partial charge in [-0.2, -0.15) is 4.68 Å². The minimum absolute atomic E-state index is 0.103. The Kier molecular flexibility index (Phi) is 3.22. The Balaban J connectivity index is 2.25. The van der Waals surface area contributed by atoms with Gasteiger partial charge in [-0.25, -0.2) is 4.79 Å². The Morgan fingerprint density at radius 3 is 2.67 bits per heavy atom. The summed E-state index contributed by atoms with van der Waals surface area (Å²) in [6.45, 7) is 3.76. The van der Waals surface area contributed by atoms with Crippen molar-refractivity contribution in [1.82, 2.24) is 25.2 Å². The lowest BCUT2D eigenvalue weighted by Crippen LogP contribution is -2.03. The molecule has 0 saturated heterocycles. The number of carboxylic acid groups (broad SMARTS) is 1. The van der Waals surface area contributed by atoms with Gasteiger partial charge in [0, 0.05) is 5.56 Å². The van der Waals surface area contributed by atoms with Crippen LogP contribution in [-0.2, 0) is 0 Å². The Bertz CT molecular complexity index is 824. The van der Waals surface area contributed by atoms with Crippen molar-refractivity contribution in [3.8, 4) is 16.4 Å². The highest BCUT2D eigenvalue weighted by atomic mass is 32.1. The van der Waals surface area contributed by atoms with E-state index in [1.807, 2.05) is 38.1 Å². The second-order valence-corrected chi connectivity index (χ2v) is 5.64. The molecule has 0 fully saturated rings. The van der Waals surface area contributed by atoms with E-state index in [9.17, 15) is 9.90 Å². The molecule has 0 atom stereocenters.